The molecule has 0 aliphatic carbocycles. The Kier molecular flexibility index (Phi) is 16.1. The minimum absolute atomic E-state index is 0.0520. The summed E-state index contributed by atoms with van der Waals surface area (Å²) in [5, 5.41) is 17.4. The van der Waals surface area contributed by atoms with Gasteiger partial charge in [0.15, 0.2) is 0 Å². The normalized spacial score (nSPS) is 14.9. The van der Waals surface area contributed by atoms with E-state index in [1.165, 1.54) is 0 Å². The van der Waals surface area contributed by atoms with Crippen LogP contribution in [0.15, 0.2) is 0 Å². The minimum atomic E-state index is -1.14. The highest BCUT2D eigenvalue weighted by Crippen LogP contribution is 2.10. The Morgan fingerprint density at radius 1 is 0.706 bits per heavy atom. The van der Waals surface area contributed by atoms with E-state index in [1.54, 1.807) is 0 Å². The van der Waals surface area contributed by atoms with Crippen LogP contribution in [0.4, 0.5) is 0 Å². The van der Waals surface area contributed by atoms with Gasteiger partial charge in [0, 0.05) is 0 Å². The molecule has 0 aliphatic rings. The molecule has 3 amide bonds. The van der Waals surface area contributed by atoms with Gasteiger partial charge in [-0.15, -0.1) is 0 Å². The Bertz CT molecular complexity index is 643. The molecule has 0 fully saturated rings. The summed E-state index contributed by atoms with van der Waals surface area (Å²) in [6.45, 7) is 8.29. The summed E-state index contributed by atoms with van der Waals surface area (Å²) in [4.78, 5) is 50.1. The zero-order valence-electron chi connectivity index (χ0n) is 21.1. The number of aliphatic carboxylic acids is 1. The third kappa shape index (κ3) is 12.9. The van der Waals surface area contributed by atoms with Crippen molar-refractivity contribution in [3.8, 4) is 0 Å². The lowest BCUT2D eigenvalue weighted by atomic mass is 10.00. The summed E-state index contributed by atoms with van der Waals surface area (Å²) in [5.41, 5.74) is 16.9. The molecule has 0 saturated heterocycles. The van der Waals surface area contributed by atoms with Gasteiger partial charge in [-0.25, -0.2) is 4.79 Å². The fraction of sp³-hybridized carbons (Fsp3) is 0.826. The first-order valence-electron chi connectivity index (χ1n) is 12.2. The maximum absolute atomic E-state index is 13.1. The van der Waals surface area contributed by atoms with Crippen LogP contribution < -0.4 is 33.2 Å². The van der Waals surface area contributed by atoms with E-state index in [0.29, 0.717) is 51.6 Å². The van der Waals surface area contributed by atoms with Crippen LogP contribution in [0.3, 0.4) is 0 Å². The molecule has 0 aromatic rings. The van der Waals surface area contributed by atoms with Crippen molar-refractivity contribution in [3.63, 3.8) is 0 Å². The van der Waals surface area contributed by atoms with E-state index in [2.05, 4.69) is 16.0 Å². The maximum atomic E-state index is 13.1. The molecule has 0 aromatic heterocycles. The topological polar surface area (TPSA) is 203 Å². The highest BCUT2D eigenvalue weighted by atomic mass is 16.4. The average Bonchev–Trinajstić information content (AvgIpc) is 2.76. The van der Waals surface area contributed by atoms with Crippen LogP contribution in [0.25, 0.3) is 0 Å². The molecule has 4 atom stereocenters. The SMILES string of the molecule is CC(C)CC(NC(=O)C(CCCCN)NC(=O)C(N)C(C)C)C(=O)NC(CCCCN)C(=O)O. The number of carbonyl (C=O) groups is 4. The molecule has 34 heavy (non-hydrogen) atoms. The van der Waals surface area contributed by atoms with Gasteiger partial charge in [0.2, 0.25) is 17.7 Å². The van der Waals surface area contributed by atoms with Crippen molar-refractivity contribution >= 4 is 23.7 Å². The molecule has 0 bridgehead atoms. The Labute approximate surface area is 203 Å². The van der Waals surface area contributed by atoms with Gasteiger partial charge in [-0.3, -0.25) is 14.4 Å². The lowest BCUT2D eigenvalue weighted by Crippen LogP contribution is -2.57. The van der Waals surface area contributed by atoms with Gasteiger partial charge in [0.05, 0.1) is 6.04 Å². The molecule has 0 rings (SSSR count). The predicted molar refractivity (Wildman–Crippen MR) is 132 cm³/mol. The van der Waals surface area contributed by atoms with E-state index in [-0.39, 0.29) is 18.3 Å². The number of hydrogen-bond acceptors (Lipinski definition) is 7. The fourth-order valence-electron chi connectivity index (χ4n) is 3.33. The van der Waals surface area contributed by atoms with Crippen LogP contribution in [0.2, 0.25) is 0 Å². The Balaban J connectivity index is 5.45. The summed E-state index contributed by atoms with van der Waals surface area (Å²) < 4.78 is 0. The molecule has 0 heterocycles. The van der Waals surface area contributed by atoms with Crippen LogP contribution in [0, 0.1) is 11.8 Å². The maximum Gasteiger partial charge on any atom is 0.326 e. The Morgan fingerprint density at radius 3 is 1.59 bits per heavy atom. The average molecular weight is 487 g/mol. The van der Waals surface area contributed by atoms with Crippen molar-refractivity contribution in [1.82, 2.24) is 16.0 Å². The summed E-state index contributed by atoms with van der Waals surface area (Å²) in [6.07, 6.45) is 3.37. The molecule has 11 nitrogen and oxygen atoms in total. The van der Waals surface area contributed by atoms with Crippen LogP contribution >= 0.6 is 0 Å². The van der Waals surface area contributed by atoms with Crippen molar-refractivity contribution in [1.29, 1.82) is 0 Å². The zero-order chi connectivity index (χ0) is 26.3. The van der Waals surface area contributed by atoms with Gasteiger partial charge >= 0.3 is 5.97 Å². The summed E-state index contributed by atoms with van der Waals surface area (Å²) in [6, 6.07) is -3.68. The van der Waals surface area contributed by atoms with Gasteiger partial charge < -0.3 is 38.3 Å². The summed E-state index contributed by atoms with van der Waals surface area (Å²) in [7, 11) is 0. The number of carboxylic acids is 1. The highest BCUT2D eigenvalue weighted by molar-refractivity contribution is 5.94. The lowest BCUT2D eigenvalue weighted by molar-refractivity contribution is -0.142. The smallest absolute Gasteiger partial charge is 0.326 e. The number of hydrogen-bond donors (Lipinski definition) is 7. The monoisotopic (exact) mass is 486 g/mol. The molecule has 0 saturated carbocycles. The molecule has 0 aliphatic heterocycles. The second-order valence-corrected chi connectivity index (χ2v) is 9.49. The van der Waals surface area contributed by atoms with Gasteiger partial charge in [-0.05, 0) is 69.9 Å². The number of nitrogens with one attached hydrogen (secondary N) is 3. The minimum Gasteiger partial charge on any atom is -0.480 e. The first-order chi connectivity index (χ1) is 15.9. The van der Waals surface area contributed by atoms with Crippen LogP contribution in [-0.2, 0) is 19.2 Å². The predicted octanol–water partition coefficient (Wildman–Crippen LogP) is -0.187. The first kappa shape index (κ1) is 31.8. The van der Waals surface area contributed by atoms with Crippen LogP contribution in [0.1, 0.15) is 72.6 Å². The van der Waals surface area contributed by atoms with Gasteiger partial charge in [0.25, 0.3) is 0 Å². The standard InChI is InChI=1S/C23H46N6O5/c1-14(2)13-18(21(31)28-17(23(33)34)10-6-8-12-25)29-20(30)16(9-5-7-11-24)27-22(32)19(26)15(3)4/h14-19H,5-13,24-26H2,1-4H3,(H,27,32)(H,28,31)(H,29,30)(H,33,34). The van der Waals surface area contributed by atoms with E-state index < -0.39 is 47.9 Å². The quantitative estimate of drug-likeness (QED) is 0.129. The van der Waals surface area contributed by atoms with Crippen LogP contribution in [0.5, 0.6) is 0 Å². The highest BCUT2D eigenvalue weighted by Gasteiger charge is 2.30. The van der Waals surface area contributed by atoms with Crippen LogP contribution in [-0.4, -0.2) is 66.1 Å². The molecule has 0 radical (unpaired) electrons. The number of unbranched alkanes of at least 4 members (excludes halogenated alkanes) is 2. The lowest BCUT2D eigenvalue weighted by Gasteiger charge is -2.26. The molecular formula is C23H46N6O5. The van der Waals surface area contributed by atoms with Crippen molar-refractivity contribution in [2.75, 3.05) is 13.1 Å². The summed E-state index contributed by atoms with van der Waals surface area (Å²) >= 11 is 0. The molecule has 4 unspecified atom stereocenters. The van der Waals surface area contributed by atoms with Gasteiger partial charge in [-0.1, -0.05) is 27.7 Å². The Morgan fingerprint density at radius 2 is 1.15 bits per heavy atom. The molecule has 10 N–H and O–H groups in total. The second-order valence-electron chi connectivity index (χ2n) is 9.49. The molecule has 0 aromatic carbocycles. The Hall–Kier alpha value is -2.24. The number of carbonyl (C=O) groups excluding carboxylic acids is 3. The van der Waals surface area contributed by atoms with Crippen molar-refractivity contribution < 1.29 is 24.3 Å². The van der Waals surface area contributed by atoms with E-state index in [1.807, 2.05) is 27.7 Å². The van der Waals surface area contributed by atoms with E-state index >= 15 is 0 Å². The molecule has 0 spiro atoms. The summed E-state index contributed by atoms with van der Waals surface area (Å²) in [5.74, 6) is -2.74. The van der Waals surface area contributed by atoms with E-state index in [9.17, 15) is 24.3 Å². The van der Waals surface area contributed by atoms with Gasteiger partial charge in [0.1, 0.15) is 18.1 Å². The van der Waals surface area contributed by atoms with Crippen molar-refractivity contribution in [2.45, 2.75) is 96.8 Å². The number of rotatable bonds is 18. The molecule has 11 heteroatoms. The third-order valence-corrected chi connectivity index (χ3v) is 5.50. The van der Waals surface area contributed by atoms with Crippen molar-refractivity contribution in [2.24, 2.45) is 29.0 Å². The number of nitrogens with two attached hydrogens (primary N) is 3. The molecule has 198 valence electrons. The zero-order valence-corrected chi connectivity index (χ0v) is 21.1. The second kappa shape index (κ2) is 17.2. The van der Waals surface area contributed by atoms with E-state index in [0.717, 1.165) is 0 Å². The van der Waals surface area contributed by atoms with E-state index in [4.69, 9.17) is 17.2 Å². The first-order valence-corrected chi connectivity index (χ1v) is 12.2. The number of carboxylic acid groups (broad SMARTS) is 1. The van der Waals surface area contributed by atoms with Gasteiger partial charge in [-0.2, -0.15) is 0 Å². The largest absolute Gasteiger partial charge is 0.480 e. The fourth-order valence-corrected chi connectivity index (χ4v) is 3.33. The third-order valence-electron chi connectivity index (χ3n) is 5.50. The van der Waals surface area contributed by atoms with Crippen molar-refractivity contribution in [3.05, 3.63) is 0 Å². The number of amides is 3. The molecular weight excluding hydrogens is 440 g/mol.